The van der Waals surface area contributed by atoms with Crippen molar-refractivity contribution in [1.29, 1.82) is 0 Å². The molecule has 7 nitrogen and oxygen atoms in total. The van der Waals surface area contributed by atoms with E-state index in [1.807, 2.05) is 18.2 Å². The van der Waals surface area contributed by atoms with Crippen LogP contribution in [0.3, 0.4) is 0 Å². The maximum absolute atomic E-state index is 11.1. The van der Waals surface area contributed by atoms with Crippen LogP contribution >= 0.6 is 0 Å². The molecule has 2 aromatic rings. The van der Waals surface area contributed by atoms with Crippen molar-refractivity contribution in [3.63, 3.8) is 0 Å². The number of likely N-dealkylation sites (tertiary alicyclic amines) is 1. The second-order valence-corrected chi connectivity index (χ2v) is 5.99. The Morgan fingerprint density at radius 3 is 2.57 bits per heavy atom. The molecule has 0 aliphatic carbocycles. The Morgan fingerprint density at radius 2 is 1.96 bits per heavy atom. The van der Waals surface area contributed by atoms with Crippen molar-refractivity contribution >= 4 is 5.91 Å². The summed E-state index contributed by atoms with van der Waals surface area (Å²) in [6, 6.07) is 10.3. The van der Waals surface area contributed by atoms with Gasteiger partial charge in [0.05, 0.1) is 5.41 Å². The first-order valence-electron chi connectivity index (χ1n) is 7.98. The number of hydrogen-bond donors (Lipinski definition) is 1. The Kier molecular flexibility index (Phi) is 4.38. The van der Waals surface area contributed by atoms with E-state index in [2.05, 4.69) is 39.4 Å². The lowest BCUT2D eigenvalue weighted by Crippen LogP contribution is -2.44. The first-order valence-corrected chi connectivity index (χ1v) is 7.98. The molecule has 1 fully saturated rings. The van der Waals surface area contributed by atoms with E-state index >= 15 is 0 Å². The quantitative estimate of drug-likeness (QED) is 0.871. The van der Waals surface area contributed by atoms with Crippen LogP contribution in [0.1, 0.15) is 31.2 Å². The molecule has 2 heterocycles. The Hall–Kier alpha value is -2.28. The van der Waals surface area contributed by atoms with Gasteiger partial charge in [0, 0.05) is 0 Å². The summed E-state index contributed by atoms with van der Waals surface area (Å²) in [5.41, 5.74) is 6.17. The number of piperidine rings is 1. The van der Waals surface area contributed by atoms with E-state index in [1.165, 1.54) is 10.4 Å². The summed E-state index contributed by atoms with van der Waals surface area (Å²) in [6.45, 7) is 5.17. The molecule has 7 heteroatoms. The van der Waals surface area contributed by atoms with Gasteiger partial charge in [0.1, 0.15) is 6.54 Å². The second kappa shape index (κ2) is 6.45. The molecule has 23 heavy (non-hydrogen) atoms. The topological polar surface area (TPSA) is 89.9 Å². The fraction of sp³-hybridized carbons (Fsp3) is 0.500. The molecule has 0 unspecified atom stereocenters. The lowest BCUT2D eigenvalue weighted by Gasteiger charge is -2.39. The van der Waals surface area contributed by atoms with Crippen molar-refractivity contribution in [3.05, 3.63) is 41.7 Å². The van der Waals surface area contributed by atoms with Crippen LogP contribution in [-0.2, 0) is 16.8 Å². The highest BCUT2D eigenvalue weighted by Crippen LogP contribution is 2.39. The van der Waals surface area contributed by atoms with Crippen molar-refractivity contribution in [2.45, 2.75) is 31.7 Å². The zero-order valence-electron chi connectivity index (χ0n) is 13.4. The molecule has 3 rings (SSSR count). The highest BCUT2D eigenvalue weighted by atomic mass is 16.1. The number of rotatable bonds is 5. The zero-order valence-corrected chi connectivity index (χ0v) is 13.4. The van der Waals surface area contributed by atoms with E-state index in [4.69, 9.17) is 5.73 Å². The number of amides is 1. The van der Waals surface area contributed by atoms with Gasteiger partial charge in [-0.25, -0.2) is 0 Å². The number of nitrogens with zero attached hydrogens (tertiary/aromatic N) is 5. The van der Waals surface area contributed by atoms with Crippen LogP contribution in [0.25, 0.3) is 0 Å². The predicted molar refractivity (Wildman–Crippen MR) is 85.6 cm³/mol. The van der Waals surface area contributed by atoms with E-state index in [1.54, 1.807) is 0 Å². The van der Waals surface area contributed by atoms with Gasteiger partial charge in [-0.3, -0.25) is 4.79 Å². The minimum atomic E-state index is -0.469. The third-order valence-corrected chi connectivity index (χ3v) is 4.66. The van der Waals surface area contributed by atoms with Gasteiger partial charge in [-0.05, 0) is 43.3 Å². The first-order chi connectivity index (χ1) is 11.1. The average molecular weight is 314 g/mol. The molecule has 1 aromatic carbocycles. The summed E-state index contributed by atoms with van der Waals surface area (Å²) in [7, 11) is 0. The van der Waals surface area contributed by atoms with Crippen LogP contribution < -0.4 is 5.73 Å². The van der Waals surface area contributed by atoms with Gasteiger partial charge in [0.15, 0.2) is 5.82 Å². The van der Waals surface area contributed by atoms with Crippen molar-refractivity contribution in [2.24, 2.45) is 5.73 Å². The van der Waals surface area contributed by atoms with Crippen molar-refractivity contribution in [1.82, 2.24) is 25.1 Å². The molecule has 0 bridgehead atoms. The van der Waals surface area contributed by atoms with Gasteiger partial charge in [0.25, 0.3) is 0 Å². The summed E-state index contributed by atoms with van der Waals surface area (Å²) in [5, 5.41) is 12.7. The largest absolute Gasteiger partial charge is 0.368 e. The van der Waals surface area contributed by atoms with Gasteiger partial charge < -0.3 is 10.6 Å². The standard InChI is InChI=1S/C16H22N6O/c1-2-21-10-8-16(9-11-21,13-6-4-3-5-7-13)15-18-20-22(19-15)12-14(17)23/h3-7H,2,8-12H2,1H3,(H2,17,23). The number of nitrogens with two attached hydrogens (primary N) is 1. The van der Waals surface area contributed by atoms with E-state index in [-0.39, 0.29) is 12.0 Å². The Labute approximate surface area is 135 Å². The summed E-state index contributed by atoms with van der Waals surface area (Å²) < 4.78 is 0. The molecular weight excluding hydrogens is 292 g/mol. The monoisotopic (exact) mass is 314 g/mol. The second-order valence-electron chi connectivity index (χ2n) is 5.99. The summed E-state index contributed by atoms with van der Waals surface area (Å²) in [4.78, 5) is 14.8. The highest BCUT2D eigenvalue weighted by Gasteiger charge is 2.41. The molecule has 0 spiro atoms. The number of tetrazole rings is 1. The van der Waals surface area contributed by atoms with E-state index in [0.717, 1.165) is 32.5 Å². The molecule has 122 valence electrons. The predicted octanol–water partition coefficient (Wildman–Crippen LogP) is 0.560. The van der Waals surface area contributed by atoms with E-state index in [9.17, 15) is 4.79 Å². The van der Waals surface area contributed by atoms with Crippen molar-refractivity contribution in [2.75, 3.05) is 19.6 Å². The van der Waals surface area contributed by atoms with Gasteiger partial charge in [-0.2, -0.15) is 4.80 Å². The highest BCUT2D eigenvalue weighted by molar-refractivity contribution is 5.73. The minimum absolute atomic E-state index is 0.0427. The van der Waals surface area contributed by atoms with Crippen LogP contribution in [0.2, 0.25) is 0 Å². The van der Waals surface area contributed by atoms with E-state index in [0.29, 0.717) is 5.82 Å². The van der Waals surface area contributed by atoms with Crippen LogP contribution in [0.15, 0.2) is 30.3 Å². The maximum atomic E-state index is 11.1. The van der Waals surface area contributed by atoms with Gasteiger partial charge in [-0.15, -0.1) is 10.2 Å². The molecule has 1 saturated heterocycles. The Morgan fingerprint density at radius 1 is 1.26 bits per heavy atom. The smallest absolute Gasteiger partial charge is 0.241 e. The van der Waals surface area contributed by atoms with Gasteiger partial charge in [-0.1, -0.05) is 37.3 Å². The maximum Gasteiger partial charge on any atom is 0.241 e. The van der Waals surface area contributed by atoms with Gasteiger partial charge >= 0.3 is 0 Å². The lowest BCUT2D eigenvalue weighted by atomic mass is 9.72. The summed E-state index contributed by atoms with van der Waals surface area (Å²) in [6.07, 6.45) is 1.88. The summed E-state index contributed by atoms with van der Waals surface area (Å²) in [5.74, 6) is 0.212. The first kappa shape index (κ1) is 15.6. The van der Waals surface area contributed by atoms with Gasteiger partial charge in [0.2, 0.25) is 5.91 Å². The molecule has 1 aliphatic heterocycles. The number of aromatic nitrogens is 4. The average Bonchev–Trinajstić information content (AvgIpc) is 3.04. The van der Waals surface area contributed by atoms with Crippen molar-refractivity contribution in [3.8, 4) is 0 Å². The number of carbonyl (C=O) groups is 1. The number of benzene rings is 1. The number of primary amides is 1. The number of carbonyl (C=O) groups excluding carboxylic acids is 1. The molecule has 1 amide bonds. The fourth-order valence-electron chi connectivity index (χ4n) is 3.29. The molecule has 1 aromatic heterocycles. The third kappa shape index (κ3) is 3.10. The van der Waals surface area contributed by atoms with Crippen LogP contribution in [0.4, 0.5) is 0 Å². The van der Waals surface area contributed by atoms with E-state index < -0.39 is 5.91 Å². The third-order valence-electron chi connectivity index (χ3n) is 4.66. The molecule has 2 N–H and O–H groups in total. The lowest BCUT2D eigenvalue weighted by molar-refractivity contribution is -0.119. The number of hydrogen-bond acceptors (Lipinski definition) is 5. The van der Waals surface area contributed by atoms with Crippen LogP contribution in [0.5, 0.6) is 0 Å². The normalized spacial score (nSPS) is 18.0. The minimum Gasteiger partial charge on any atom is -0.368 e. The molecular formula is C16H22N6O. The Bertz CT molecular complexity index is 660. The molecule has 0 saturated carbocycles. The Balaban J connectivity index is 1.96. The molecule has 1 aliphatic rings. The zero-order chi connectivity index (χ0) is 16.3. The molecule has 0 radical (unpaired) electrons. The van der Waals surface area contributed by atoms with Crippen molar-refractivity contribution < 1.29 is 4.79 Å². The summed E-state index contributed by atoms with van der Waals surface area (Å²) >= 11 is 0. The van der Waals surface area contributed by atoms with Crippen LogP contribution in [-0.4, -0.2) is 50.6 Å². The fourth-order valence-corrected chi connectivity index (χ4v) is 3.29. The van der Waals surface area contributed by atoms with Crippen LogP contribution in [0, 0.1) is 0 Å². The molecule has 0 atom stereocenters. The SMILES string of the molecule is CCN1CCC(c2ccccc2)(c2nnn(CC(N)=O)n2)CC1.